The lowest BCUT2D eigenvalue weighted by Crippen LogP contribution is -2.58. The molecule has 4 heterocycles. The summed E-state index contributed by atoms with van der Waals surface area (Å²) in [6, 6.07) is 1.60. The van der Waals surface area contributed by atoms with Gasteiger partial charge in [0.2, 0.25) is 21.8 Å². The van der Waals surface area contributed by atoms with Crippen LogP contribution in [0.3, 0.4) is 0 Å². The third kappa shape index (κ3) is 6.90. The summed E-state index contributed by atoms with van der Waals surface area (Å²) in [6.45, 7) is 1.14. The molecule has 1 saturated heterocycles. The Hall–Kier alpha value is -4.12. The Morgan fingerprint density at radius 3 is 2.58 bits per heavy atom. The number of pyridine rings is 1. The van der Waals surface area contributed by atoms with E-state index in [2.05, 4.69) is 20.3 Å². The second-order valence-corrected chi connectivity index (χ2v) is 17.8. The van der Waals surface area contributed by atoms with Crippen molar-refractivity contribution in [1.82, 2.24) is 25.2 Å². The number of hydrogen-bond donors (Lipinski definition) is 4. The zero-order chi connectivity index (χ0) is 38.1. The van der Waals surface area contributed by atoms with Crippen molar-refractivity contribution in [3.05, 3.63) is 46.6 Å². The molecular formula is C35H39ClF3N5O8S. The normalized spacial score (nSPS) is 29.8. The zero-order valence-corrected chi connectivity index (χ0v) is 30.3. The summed E-state index contributed by atoms with van der Waals surface area (Å²) in [5.74, 6) is -3.67. The van der Waals surface area contributed by atoms with E-state index in [4.69, 9.17) is 16.3 Å². The van der Waals surface area contributed by atoms with Gasteiger partial charge in [-0.15, -0.1) is 0 Å². The van der Waals surface area contributed by atoms with E-state index in [0.717, 1.165) is 4.90 Å². The maximum atomic E-state index is 14.5. The Labute approximate surface area is 308 Å². The molecule has 1 spiro atoms. The van der Waals surface area contributed by atoms with Gasteiger partial charge in [0.1, 0.15) is 23.2 Å². The monoisotopic (exact) mass is 781 g/mol. The molecule has 1 aromatic heterocycles. The highest BCUT2D eigenvalue weighted by Crippen LogP contribution is 2.50. The zero-order valence-electron chi connectivity index (χ0n) is 28.7. The average molecular weight is 782 g/mol. The Morgan fingerprint density at radius 1 is 1.13 bits per heavy atom. The molecule has 4 amide bonds. The molecule has 2 saturated carbocycles. The molecule has 2 aromatic rings. The van der Waals surface area contributed by atoms with Crippen LogP contribution in [0.25, 0.3) is 10.9 Å². The molecule has 3 fully saturated rings. The van der Waals surface area contributed by atoms with Crippen LogP contribution in [0, 0.1) is 5.92 Å². The fraction of sp³-hybridized carbons (Fsp3) is 0.571. The lowest BCUT2D eigenvalue weighted by Gasteiger charge is -2.37. The Balaban J connectivity index is 1.27. The van der Waals surface area contributed by atoms with Gasteiger partial charge in [0, 0.05) is 28.3 Å². The van der Waals surface area contributed by atoms with E-state index in [0.29, 0.717) is 43.9 Å². The van der Waals surface area contributed by atoms with E-state index in [1.807, 2.05) is 6.08 Å². The van der Waals surface area contributed by atoms with Crippen molar-refractivity contribution in [3.8, 4) is 5.75 Å². The first-order valence-corrected chi connectivity index (χ1v) is 19.5. The van der Waals surface area contributed by atoms with Crippen molar-refractivity contribution in [3.63, 3.8) is 0 Å². The summed E-state index contributed by atoms with van der Waals surface area (Å²) in [6.07, 6.45) is 0.227. The number of alkyl halides is 3. The molecule has 4 N–H and O–H groups in total. The maximum Gasteiger partial charge on any atom is 0.437 e. The SMILES string of the molecule is CC1(S(=O)(=O)NC(=O)[C@@]23C[C@H]2C=CCCCCC[C@H](NC(=O)O)C(=O)N2C[C@@]4(CCc5c(c(C(F)(F)F)nc6ccc(Cl)cc56)O4)C[C@H]2C(=O)N3)CC1. The van der Waals surface area contributed by atoms with Crippen LogP contribution in [0.2, 0.25) is 5.02 Å². The quantitative estimate of drug-likeness (QED) is 0.322. The van der Waals surface area contributed by atoms with Crippen LogP contribution < -0.4 is 20.1 Å². The first-order valence-electron chi connectivity index (χ1n) is 17.6. The Kier molecular flexibility index (Phi) is 9.14. The number of allylic oxidation sites excluding steroid dienone is 1. The minimum atomic E-state index is -4.94. The Morgan fingerprint density at radius 2 is 1.89 bits per heavy atom. The highest BCUT2D eigenvalue weighted by Gasteiger charge is 2.64. The van der Waals surface area contributed by atoms with Crippen molar-refractivity contribution >= 4 is 56.3 Å². The second kappa shape index (κ2) is 13.0. The summed E-state index contributed by atoms with van der Waals surface area (Å²) < 4.78 is 77.1. The van der Waals surface area contributed by atoms with Crippen LogP contribution in [0.4, 0.5) is 18.0 Å². The van der Waals surface area contributed by atoms with Crippen LogP contribution in [0.5, 0.6) is 5.75 Å². The van der Waals surface area contributed by atoms with Crippen molar-refractivity contribution < 1.29 is 50.6 Å². The van der Waals surface area contributed by atoms with Gasteiger partial charge >= 0.3 is 12.3 Å². The number of nitrogens with one attached hydrogen (secondary N) is 3. The third-order valence-corrected chi connectivity index (χ3v) is 13.7. The molecule has 286 valence electrons. The molecule has 0 bridgehead atoms. The Bertz CT molecular complexity index is 2040. The topological polar surface area (TPSA) is 184 Å². The number of fused-ring (bicyclic) bond motifs is 5. The number of halogens is 4. The molecular weight excluding hydrogens is 743 g/mol. The number of aromatic nitrogens is 1. The second-order valence-electron chi connectivity index (χ2n) is 15.1. The van der Waals surface area contributed by atoms with E-state index in [-0.39, 0.29) is 54.8 Å². The summed E-state index contributed by atoms with van der Waals surface area (Å²) in [5.41, 5.74) is -4.22. The van der Waals surface area contributed by atoms with Crippen molar-refractivity contribution in [2.75, 3.05) is 6.54 Å². The number of carboxylic acid groups (broad SMARTS) is 1. The smallest absolute Gasteiger partial charge is 0.437 e. The fourth-order valence-electron chi connectivity index (χ4n) is 7.84. The highest BCUT2D eigenvalue weighted by molar-refractivity contribution is 7.91. The number of amides is 4. The predicted molar refractivity (Wildman–Crippen MR) is 184 cm³/mol. The number of aryl methyl sites for hydroxylation is 1. The average Bonchev–Trinajstić information content (AvgIpc) is 3.97. The van der Waals surface area contributed by atoms with E-state index in [9.17, 15) is 45.9 Å². The summed E-state index contributed by atoms with van der Waals surface area (Å²) in [5, 5.41) is 15.2. The molecule has 7 rings (SSSR count). The predicted octanol–water partition coefficient (Wildman–Crippen LogP) is 4.60. The van der Waals surface area contributed by atoms with Gasteiger partial charge in [-0.05, 0) is 76.5 Å². The molecule has 5 aliphatic rings. The minimum absolute atomic E-state index is 0.0424. The highest BCUT2D eigenvalue weighted by atomic mass is 35.5. The first-order chi connectivity index (χ1) is 24.9. The van der Waals surface area contributed by atoms with Crippen LogP contribution >= 0.6 is 11.6 Å². The lowest BCUT2D eigenvalue weighted by molar-refractivity contribution is -0.144. The number of ether oxygens (including phenoxy) is 1. The largest absolute Gasteiger partial charge is 0.483 e. The van der Waals surface area contributed by atoms with Crippen molar-refractivity contribution in [1.29, 1.82) is 0 Å². The van der Waals surface area contributed by atoms with Crippen LogP contribution in [-0.4, -0.2) is 81.7 Å². The number of carbonyl (C=O) groups is 4. The number of benzene rings is 1. The minimum Gasteiger partial charge on any atom is -0.483 e. The van der Waals surface area contributed by atoms with E-state index in [1.54, 1.807) is 6.08 Å². The number of hydrogen-bond acceptors (Lipinski definition) is 8. The van der Waals surface area contributed by atoms with Gasteiger partial charge in [0.25, 0.3) is 5.91 Å². The molecule has 13 nitrogen and oxygen atoms in total. The summed E-state index contributed by atoms with van der Waals surface area (Å²) in [4.78, 5) is 59.2. The number of nitrogens with zero attached hydrogens (tertiary/aromatic N) is 2. The molecule has 5 atom stereocenters. The van der Waals surface area contributed by atoms with Gasteiger partial charge in [0.05, 0.1) is 16.8 Å². The van der Waals surface area contributed by atoms with E-state index in [1.165, 1.54) is 25.1 Å². The first kappa shape index (κ1) is 37.2. The van der Waals surface area contributed by atoms with Gasteiger partial charge in [0.15, 0.2) is 11.4 Å². The molecule has 0 radical (unpaired) electrons. The number of rotatable bonds is 4. The molecule has 1 aromatic carbocycles. The molecule has 3 aliphatic heterocycles. The maximum absolute atomic E-state index is 14.5. The van der Waals surface area contributed by atoms with Gasteiger partial charge in [-0.1, -0.05) is 36.6 Å². The number of carbonyl (C=O) groups excluding carboxylic acids is 3. The van der Waals surface area contributed by atoms with Crippen molar-refractivity contribution in [2.45, 2.75) is 112 Å². The summed E-state index contributed by atoms with van der Waals surface area (Å²) >= 11 is 6.20. The fourth-order valence-corrected chi connectivity index (χ4v) is 9.33. The third-order valence-electron chi connectivity index (χ3n) is 11.3. The molecule has 18 heteroatoms. The van der Waals surface area contributed by atoms with Gasteiger partial charge < -0.3 is 25.4 Å². The molecule has 53 heavy (non-hydrogen) atoms. The number of sulfonamides is 1. The van der Waals surface area contributed by atoms with Crippen LogP contribution in [0.1, 0.15) is 82.4 Å². The van der Waals surface area contributed by atoms with E-state index >= 15 is 0 Å². The standard InChI is InChI=1S/C35H39ClF3N5O8S/c1-32(13-14-32)53(50,51)43-30(47)34-16-19(34)7-5-3-2-4-6-8-24(41-31(48)49)29(46)44-18-33(17-25(44)28(45)42-34)12-11-21-22-15-20(36)9-10-23(22)40-27(26(21)52-33)35(37,38)39/h5,7,9-10,15,19,24-25,41H,2-4,6,8,11-14,16-18H2,1H3,(H,42,45)(H,43,47)(H,48,49)/t19-,24+,25+,33-,34-/m1/s1. The van der Waals surface area contributed by atoms with Crippen LogP contribution in [-0.2, 0) is 37.0 Å². The van der Waals surface area contributed by atoms with E-state index < -0.39 is 85.3 Å². The molecule has 2 aliphatic carbocycles. The van der Waals surface area contributed by atoms with Gasteiger partial charge in [-0.3, -0.25) is 19.1 Å². The van der Waals surface area contributed by atoms with Gasteiger partial charge in [-0.25, -0.2) is 18.2 Å². The van der Waals surface area contributed by atoms with Gasteiger partial charge in [-0.2, -0.15) is 13.2 Å². The van der Waals surface area contributed by atoms with Crippen LogP contribution in [0.15, 0.2) is 30.4 Å². The van der Waals surface area contributed by atoms with Crippen molar-refractivity contribution in [2.24, 2.45) is 5.92 Å². The molecule has 0 unspecified atom stereocenters. The lowest BCUT2D eigenvalue weighted by atomic mass is 9.87. The summed E-state index contributed by atoms with van der Waals surface area (Å²) in [7, 11) is -4.09.